The van der Waals surface area contributed by atoms with Gasteiger partial charge in [-0.3, -0.25) is 4.79 Å². The maximum Gasteiger partial charge on any atom is 0.225 e. The van der Waals surface area contributed by atoms with Gasteiger partial charge in [-0.15, -0.1) is 0 Å². The zero-order valence-corrected chi connectivity index (χ0v) is 13.7. The van der Waals surface area contributed by atoms with Crippen LogP contribution >= 0.6 is 0 Å². The SMILES string of the molecule is CNC(=O)C[C@]1(OC)COCCN(c2nc(C)cc(C)n2)C1. The third-order valence-electron chi connectivity index (χ3n) is 3.80. The van der Waals surface area contributed by atoms with E-state index in [1.807, 2.05) is 24.8 Å². The van der Waals surface area contributed by atoms with Crippen LogP contribution in [0.1, 0.15) is 17.8 Å². The van der Waals surface area contributed by atoms with Crippen molar-refractivity contribution in [3.05, 3.63) is 17.5 Å². The minimum atomic E-state index is -0.697. The van der Waals surface area contributed by atoms with Crippen LogP contribution in [0.4, 0.5) is 5.95 Å². The standard InChI is InChI=1S/C15H24N4O3/c1-11-7-12(2)18-14(17-11)19-5-6-22-10-15(9-19,21-4)8-13(20)16-3/h7H,5-6,8-10H2,1-4H3,(H,16,20)/t15-/m1/s1. The molecule has 1 aliphatic rings. The van der Waals surface area contributed by atoms with Gasteiger partial charge in [-0.2, -0.15) is 0 Å². The average Bonchev–Trinajstić information content (AvgIpc) is 2.69. The molecule has 0 aliphatic carbocycles. The number of nitrogens with one attached hydrogen (secondary N) is 1. The number of methoxy groups -OCH3 is 1. The number of anilines is 1. The lowest BCUT2D eigenvalue weighted by atomic mass is 9.99. The Morgan fingerprint density at radius 1 is 1.45 bits per heavy atom. The molecule has 2 rings (SSSR count). The molecule has 0 bridgehead atoms. The number of nitrogens with zero attached hydrogens (tertiary/aromatic N) is 3. The monoisotopic (exact) mass is 308 g/mol. The van der Waals surface area contributed by atoms with Crippen LogP contribution in [-0.2, 0) is 14.3 Å². The molecular formula is C15H24N4O3. The summed E-state index contributed by atoms with van der Waals surface area (Å²) in [5, 5.41) is 2.64. The van der Waals surface area contributed by atoms with Gasteiger partial charge in [-0.25, -0.2) is 9.97 Å². The van der Waals surface area contributed by atoms with Crippen molar-refractivity contribution in [1.82, 2.24) is 15.3 Å². The van der Waals surface area contributed by atoms with Gasteiger partial charge in [0.1, 0.15) is 5.60 Å². The topological polar surface area (TPSA) is 76.6 Å². The van der Waals surface area contributed by atoms with E-state index in [2.05, 4.69) is 15.3 Å². The van der Waals surface area contributed by atoms with Crippen LogP contribution < -0.4 is 10.2 Å². The number of hydrogen-bond acceptors (Lipinski definition) is 6. The molecule has 1 saturated heterocycles. The van der Waals surface area contributed by atoms with Gasteiger partial charge in [0.15, 0.2) is 0 Å². The van der Waals surface area contributed by atoms with Crippen molar-refractivity contribution in [2.24, 2.45) is 0 Å². The van der Waals surface area contributed by atoms with E-state index in [-0.39, 0.29) is 12.3 Å². The number of rotatable bonds is 4. The van der Waals surface area contributed by atoms with Gasteiger partial charge < -0.3 is 19.7 Å². The molecule has 1 fully saturated rings. The first-order valence-corrected chi connectivity index (χ1v) is 7.39. The molecule has 7 heteroatoms. The quantitative estimate of drug-likeness (QED) is 0.870. The van der Waals surface area contributed by atoms with Crippen LogP contribution in [0.5, 0.6) is 0 Å². The fourth-order valence-corrected chi connectivity index (χ4v) is 2.61. The minimum Gasteiger partial charge on any atom is -0.377 e. The molecule has 1 N–H and O–H groups in total. The van der Waals surface area contributed by atoms with Crippen molar-refractivity contribution in [3.63, 3.8) is 0 Å². The Hall–Kier alpha value is -1.73. The van der Waals surface area contributed by atoms with E-state index in [1.165, 1.54) is 0 Å². The zero-order chi connectivity index (χ0) is 16.2. The largest absolute Gasteiger partial charge is 0.377 e. The molecular weight excluding hydrogens is 284 g/mol. The van der Waals surface area contributed by atoms with E-state index in [1.54, 1.807) is 14.2 Å². The summed E-state index contributed by atoms with van der Waals surface area (Å²) in [5.74, 6) is 0.579. The Kier molecular flexibility index (Phi) is 5.31. The lowest BCUT2D eigenvalue weighted by Gasteiger charge is -2.33. The first-order chi connectivity index (χ1) is 10.5. The number of aryl methyl sites for hydroxylation is 2. The van der Waals surface area contributed by atoms with Crippen molar-refractivity contribution in [2.45, 2.75) is 25.9 Å². The predicted molar refractivity (Wildman–Crippen MR) is 83.0 cm³/mol. The van der Waals surface area contributed by atoms with Crippen LogP contribution in [0.2, 0.25) is 0 Å². The fraction of sp³-hybridized carbons (Fsp3) is 0.667. The second kappa shape index (κ2) is 7.02. The van der Waals surface area contributed by atoms with E-state index in [9.17, 15) is 4.79 Å². The smallest absolute Gasteiger partial charge is 0.225 e. The summed E-state index contributed by atoms with van der Waals surface area (Å²) < 4.78 is 11.3. The highest BCUT2D eigenvalue weighted by atomic mass is 16.5. The molecule has 0 aromatic carbocycles. The Morgan fingerprint density at radius 3 is 2.73 bits per heavy atom. The summed E-state index contributed by atoms with van der Waals surface area (Å²) in [6.07, 6.45) is 0.237. The number of hydrogen-bond donors (Lipinski definition) is 1. The van der Waals surface area contributed by atoms with Gasteiger partial charge in [-0.05, 0) is 19.9 Å². The van der Waals surface area contributed by atoms with E-state index in [4.69, 9.17) is 9.47 Å². The highest BCUT2D eigenvalue weighted by molar-refractivity contribution is 5.76. The third kappa shape index (κ3) is 3.92. The normalized spacial score (nSPS) is 22.3. The van der Waals surface area contributed by atoms with Crippen molar-refractivity contribution in [3.8, 4) is 0 Å². The highest BCUT2D eigenvalue weighted by Gasteiger charge is 2.37. The van der Waals surface area contributed by atoms with Crippen LogP contribution in [0.15, 0.2) is 6.07 Å². The van der Waals surface area contributed by atoms with Gasteiger partial charge in [-0.1, -0.05) is 0 Å². The van der Waals surface area contributed by atoms with Crippen molar-refractivity contribution < 1.29 is 14.3 Å². The molecule has 1 aromatic heterocycles. The molecule has 122 valence electrons. The Labute approximate surface area is 131 Å². The lowest BCUT2D eigenvalue weighted by molar-refractivity contribution is -0.130. The molecule has 0 radical (unpaired) electrons. The lowest BCUT2D eigenvalue weighted by Crippen LogP contribution is -2.49. The summed E-state index contributed by atoms with van der Waals surface area (Å²) >= 11 is 0. The second-order valence-corrected chi connectivity index (χ2v) is 5.66. The molecule has 22 heavy (non-hydrogen) atoms. The van der Waals surface area contributed by atoms with Crippen LogP contribution in [0.25, 0.3) is 0 Å². The van der Waals surface area contributed by atoms with Gasteiger partial charge >= 0.3 is 0 Å². The summed E-state index contributed by atoms with van der Waals surface area (Å²) in [6.45, 7) is 6.00. The maximum absolute atomic E-state index is 11.8. The van der Waals surface area contributed by atoms with E-state index < -0.39 is 5.60 Å². The Morgan fingerprint density at radius 2 is 2.14 bits per heavy atom. The van der Waals surface area contributed by atoms with Gasteiger partial charge in [0.2, 0.25) is 11.9 Å². The minimum absolute atomic E-state index is 0.0753. The van der Waals surface area contributed by atoms with Crippen LogP contribution in [0, 0.1) is 13.8 Å². The number of ether oxygens (including phenoxy) is 2. The number of amides is 1. The van der Waals surface area contributed by atoms with Gasteiger partial charge in [0.05, 0.1) is 26.2 Å². The first kappa shape index (κ1) is 16.6. The van der Waals surface area contributed by atoms with E-state index in [0.717, 1.165) is 11.4 Å². The van der Waals surface area contributed by atoms with Crippen LogP contribution in [-0.4, -0.2) is 61.9 Å². The maximum atomic E-state index is 11.8. The summed E-state index contributed by atoms with van der Waals surface area (Å²) in [7, 11) is 3.23. The molecule has 1 amide bonds. The van der Waals surface area contributed by atoms with E-state index in [0.29, 0.717) is 32.3 Å². The zero-order valence-electron chi connectivity index (χ0n) is 13.7. The van der Waals surface area contributed by atoms with E-state index >= 15 is 0 Å². The average molecular weight is 308 g/mol. The summed E-state index contributed by atoms with van der Waals surface area (Å²) in [4.78, 5) is 22.8. The molecule has 1 aromatic rings. The number of carbonyl (C=O) groups excluding carboxylic acids is 1. The second-order valence-electron chi connectivity index (χ2n) is 5.66. The van der Waals surface area contributed by atoms with Crippen molar-refractivity contribution in [2.75, 3.05) is 45.4 Å². The molecule has 2 heterocycles. The number of carbonyl (C=O) groups is 1. The van der Waals surface area contributed by atoms with Gasteiger partial charge in [0, 0.05) is 32.1 Å². The first-order valence-electron chi connectivity index (χ1n) is 7.39. The van der Waals surface area contributed by atoms with Crippen LogP contribution in [0.3, 0.4) is 0 Å². The fourth-order valence-electron chi connectivity index (χ4n) is 2.61. The molecule has 1 aliphatic heterocycles. The van der Waals surface area contributed by atoms with Gasteiger partial charge in [0.25, 0.3) is 0 Å². The Balaban J connectivity index is 2.26. The molecule has 7 nitrogen and oxygen atoms in total. The highest BCUT2D eigenvalue weighted by Crippen LogP contribution is 2.23. The third-order valence-corrected chi connectivity index (χ3v) is 3.80. The molecule has 1 atom stereocenters. The predicted octanol–water partition coefficient (Wildman–Crippen LogP) is 0.451. The summed E-state index contributed by atoms with van der Waals surface area (Å²) in [5.41, 5.74) is 1.14. The Bertz CT molecular complexity index is 517. The van der Waals surface area contributed by atoms with Crippen molar-refractivity contribution >= 4 is 11.9 Å². The molecule has 0 unspecified atom stereocenters. The molecule has 0 spiro atoms. The molecule has 0 saturated carbocycles. The summed E-state index contributed by atoms with van der Waals surface area (Å²) in [6, 6.07) is 1.94. The number of aromatic nitrogens is 2. The van der Waals surface area contributed by atoms with Crippen molar-refractivity contribution in [1.29, 1.82) is 0 Å².